The van der Waals surface area contributed by atoms with Gasteiger partial charge in [-0.25, -0.2) is 4.98 Å². The van der Waals surface area contributed by atoms with Crippen LogP contribution in [0, 0.1) is 17.8 Å². The Morgan fingerprint density at radius 3 is 2.40 bits per heavy atom. The average Bonchev–Trinajstić information content (AvgIpc) is 3.32. The number of nitrogens with one attached hydrogen (secondary N) is 1. The van der Waals surface area contributed by atoms with Gasteiger partial charge in [-0.3, -0.25) is 4.79 Å². The van der Waals surface area contributed by atoms with Gasteiger partial charge in [0.2, 0.25) is 0 Å². The molecule has 0 radical (unpaired) electrons. The highest BCUT2D eigenvalue weighted by Gasteiger charge is 2.40. The van der Waals surface area contributed by atoms with Crippen molar-refractivity contribution in [3.8, 4) is 0 Å². The lowest BCUT2D eigenvalue weighted by Gasteiger charge is -2.17. The van der Waals surface area contributed by atoms with Gasteiger partial charge in [-0.2, -0.15) is 0 Å². The molecule has 2 aliphatic carbocycles. The van der Waals surface area contributed by atoms with Crippen LogP contribution in [0.1, 0.15) is 36.0 Å². The number of anilines is 1. The van der Waals surface area contributed by atoms with Crippen LogP contribution in [-0.4, -0.2) is 36.4 Å². The van der Waals surface area contributed by atoms with E-state index in [4.69, 9.17) is 0 Å². The second-order valence-corrected chi connectivity index (χ2v) is 6.35. The summed E-state index contributed by atoms with van der Waals surface area (Å²) in [5.74, 6) is 3.61. The van der Waals surface area contributed by atoms with Crippen molar-refractivity contribution in [3.05, 3.63) is 23.9 Å². The third-order valence-electron chi connectivity index (χ3n) is 4.39. The molecular formula is C16H23N3O. The molecule has 1 aromatic heterocycles. The molecule has 2 aliphatic rings. The highest BCUT2D eigenvalue weighted by Crippen LogP contribution is 2.49. The van der Waals surface area contributed by atoms with E-state index in [0.29, 0.717) is 5.56 Å². The van der Waals surface area contributed by atoms with Crippen molar-refractivity contribution < 1.29 is 4.79 Å². The van der Waals surface area contributed by atoms with Crippen molar-refractivity contribution in [2.75, 3.05) is 26.0 Å². The Balaban J connectivity index is 1.56. The van der Waals surface area contributed by atoms with E-state index < -0.39 is 0 Å². The van der Waals surface area contributed by atoms with Crippen molar-refractivity contribution in [1.82, 2.24) is 9.88 Å². The standard InChI is InChI=1S/C16H23N3O/c1-19(2)16(20)13-7-8-15(17-9-13)18-10-14(11-3-4-11)12-5-6-12/h7-9,11-12,14H,3-6,10H2,1-2H3,(H,17,18). The maximum Gasteiger partial charge on any atom is 0.254 e. The molecule has 1 heterocycles. The van der Waals surface area contributed by atoms with E-state index in [1.54, 1.807) is 25.2 Å². The number of aromatic nitrogens is 1. The highest BCUT2D eigenvalue weighted by atomic mass is 16.2. The first-order valence-corrected chi connectivity index (χ1v) is 7.56. The van der Waals surface area contributed by atoms with Gasteiger partial charge in [0.15, 0.2) is 0 Å². The number of carbonyl (C=O) groups excluding carboxylic acids is 1. The Morgan fingerprint density at radius 1 is 1.30 bits per heavy atom. The summed E-state index contributed by atoms with van der Waals surface area (Å²) in [7, 11) is 3.51. The molecule has 1 amide bonds. The van der Waals surface area contributed by atoms with Crippen LogP contribution in [0.15, 0.2) is 18.3 Å². The number of amides is 1. The van der Waals surface area contributed by atoms with Crippen molar-refractivity contribution >= 4 is 11.7 Å². The first kappa shape index (κ1) is 13.4. The molecular weight excluding hydrogens is 250 g/mol. The zero-order valence-electron chi connectivity index (χ0n) is 12.3. The van der Waals surface area contributed by atoms with Crippen LogP contribution in [0.4, 0.5) is 5.82 Å². The largest absolute Gasteiger partial charge is 0.370 e. The molecule has 4 nitrogen and oxygen atoms in total. The summed E-state index contributed by atoms with van der Waals surface area (Å²) in [6.45, 7) is 1.03. The average molecular weight is 273 g/mol. The molecule has 1 aromatic rings. The van der Waals surface area contributed by atoms with Crippen LogP contribution in [0.5, 0.6) is 0 Å². The lowest BCUT2D eigenvalue weighted by Crippen LogP contribution is -2.22. The molecule has 0 atom stereocenters. The van der Waals surface area contributed by atoms with Gasteiger partial charge in [-0.1, -0.05) is 0 Å². The maximum atomic E-state index is 11.8. The Hall–Kier alpha value is -1.58. The molecule has 4 heteroatoms. The number of rotatable bonds is 6. The summed E-state index contributed by atoms with van der Waals surface area (Å²) < 4.78 is 0. The molecule has 3 rings (SSSR count). The van der Waals surface area contributed by atoms with Gasteiger partial charge in [0, 0.05) is 26.8 Å². The molecule has 0 spiro atoms. The lowest BCUT2D eigenvalue weighted by molar-refractivity contribution is 0.0827. The van der Waals surface area contributed by atoms with Crippen LogP contribution in [0.2, 0.25) is 0 Å². The zero-order chi connectivity index (χ0) is 14.1. The number of hydrogen-bond donors (Lipinski definition) is 1. The predicted octanol–water partition coefficient (Wildman–Crippen LogP) is 2.63. The van der Waals surface area contributed by atoms with Crippen LogP contribution >= 0.6 is 0 Å². The number of pyridine rings is 1. The quantitative estimate of drug-likeness (QED) is 0.866. The van der Waals surface area contributed by atoms with Crippen molar-refractivity contribution in [3.63, 3.8) is 0 Å². The van der Waals surface area contributed by atoms with E-state index in [0.717, 1.165) is 30.1 Å². The van der Waals surface area contributed by atoms with Crippen LogP contribution in [0.25, 0.3) is 0 Å². The van der Waals surface area contributed by atoms with Gasteiger partial charge in [0.1, 0.15) is 5.82 Å². The summed E-state index contributed by atoms with van der Waals surface area (Å²) in [5.41, 5.74) is 0.640. The first-order chi connectivity index (χ1) is 9.65. The molecule has 0 unspecified atom stereocenters. The Bertz CT molecular complexity index is 463. The highest BCUT2D eigenvalue weighted by molar-refractivity contribution is 5.93. The third-order valence-corrected chi connectivity index (χ3v) is 4.39. The van der Waals surface area contributed by atoms with Gasteiger partial charge < -0.3 is 10.2 Å². The molecule has 20 heavy (non-hydrogen) atoms. The first-order valence-electron chi connectivity index (χ1n) is 7.56. The summed E-state index contributed by atoms with van der Waals surface area (Å²) in [6.07, 6.45) is 7.30. The summed E-state index contributed by atoms with van der Waals surface area (Å²) in [4.78, 5) is 17.7. The van der Waals surface area contributed by atoms with Gasteiger partial charge in [0.25, 0.3) is 5.91 Å². The minimum atomic E-state index is -0.00196. The summed E-state index contributed by atoms with van der Waals surface area (Å²) in [5, 5.41) is 3.45. The summed E-state index contributed by atoms with van der Waals surface area (Å²) in [6, 6.07) is 3.76. The topological polar surface area (TPSA) is 45.2 Å². The molecule has 2 fully saturated rings. The number of nitrogens with zero attached hydrogens (tertiary/aromatic N) is 2. The molecule has 108 valence electrons. The SMILES string of the molecule is CN(C)C(=O)c1ccc(NCC(C2CC2)C2CC2)nc1. The van der Waals surface area contributed by atoms with E-state index in [2.05, 4.69) is 10.3 Å². The second kappa shape index (κ2) is 5.43. The van der Waals surface area contributed by atoms with E-state index in [1.807, 2.05) is 12.1 Å². The normalized spacial score (nSPS) is 18.1. The van der Waals surface area contributed by atoms with Crippen LogP contribution in [0.3, 0.4) is 0 Å². The van der Waals surface area contributed by atoms with Crippen LogP contribution in [-0.2, 0) is 0 Å². The second-order valence-electron chi connectivity index (χ2n) is 6.35. The smallest absolute Gasteiger partial charge is 0.254 e. The van der Waals surface area contributed by atoms with E-state index >= 15 is 0 Å². The van der Waals surface area contributed by atoms with Crippen molar-refractivity contribution in [2.24, 2.45) is 17.8 Å². The molecule has 1 N–H and O–H groups in total. The Morgan fingerprint density at radius 2 is 1.95 bits per heavy atom. The van der Waals surface area contributed by atoms with Gasteiger partial charge in [0.05, 0.1) is 5.56 Å². The Labute approximate surface area is 120 Å². The minimum Gasteiger partial charge on any atom is -0.370 e. The van der Waals surface area contributed by atoms with Crippen molar-refractivity contribution in [1.29, 1.82) is 0 Å². The molecule has 0 saturated heterocycles. The van der Waals surface area contributed by atoms with Crippen LogP contribution < -0.4 is 5.32 Å². The fraction of sp³-hybridized carbons (Fsp3) is 0.625. The molecule has 0 aromatic carbocycles. The maximum absolute atomic E-state index is 11.8. The van der Waals surface area contributed by atoms with Gasteiger partial charge >= 0.3 is 0 Å². The van der Waals surface area contributed by atoms with Crippen molar-refractivity contribution in [2.45, 2.75) is 25.7 Å². The zero-order valence-corrected chi connectivity index (χ0v) is 12.3. The van der Waals surface area contributed by atoms with Gasteiger partial charge in [-0.15, -0.1) is 0 Å². The Kier molecular flexibility index (Phi) is 3.64. The van der Waals surface area contributed by atoms with Gasteiger partial charge in [-0.05, 0) is 55.6 Å². The number of hydrogen-bond acceptors (Lipinski definition) is 3. The minimum absolute atomic E-state index is 0.00196. The van der Waals surface area contributed by atoms with E-state index in [9.17, 15) is 4.79 Å². The summed E-state index contributed by atoms with van der Waals surface area (Å²) >= 11 is 0. The molecule has 0 bridgehead atoms. The monoisotopic (exact) mass is 273 g/mol. The van der Waals surface area contributed by atoms with E-state index in [-0.39, 0.29) is 5.91 Å². The molecule has 2 saturated carbocycles. The lowest BCUT2D eigenvalue weighted by atomic mass is 9.98. The van der Waals surface area contributed by atoms with E-state index in [1.165, 1.54) is 25.7 Å². The number of carbonyl (C=O) groups is 1. The molecule has 0 aliphatic heterocycles. The predicted molar refractivity (Wildman–Crippen MR) is 79.7 cm³/mol. The fourth-order valence-electron chi connectivity index (χ4n) is 2.87. The fourth-order valence-corrected chi connectivity index (χ4v) is 2.87. The third kappa shape index (κ3) is 3.11.